The molecule has 0 bridgehead atoms. The monoisotopic (exact) mass is 484 g/mol. The number of urea groups is 1. The molecule has 0 fully saturated rings. The summed E-state index contributed by atoms with van der Waals surface area (Å²) in [6.45, 7) is 2.17. The van der Waals surface area contributed by atoms with E-state index < -0.39 is 6.03 Å². The predicted octanol–water partition coefficient (Wildman–Crippen LogP) is 6.49. The Balaban J connectivity index is 1.44. The minimum Gasteiger partial charge on any atom is -0.334 e. The second-order valence-electron chi connectivity index (χ2n) is 6.99. The Morgan fingerprint density at radius 1 is 0.969 bits per heavy atom. The van der Waals surface area contributed by atoms with Gasteiger partial charge in [-0.05, 0) is 48.4 Å². The summed E-state index contributed by atoms with van der Waals surface area (Å²) in [5.41, 5.74) is 3.43. The Hall–Kier alpha value is -3.13. The van der Waals surface area contributed by atoms with Gasteiger partial charge in [-0.3, -0.25) is 10.1 Å². The summed E-state index contributed by atoms with van der Waals surface area (Å²) in [6.07, 6.45) is 0. The third kappa shape index (κ3) is 5.02. The lowest BCUT2D eigenvalue weighted by molar-refractivity contribution is 0.102. The number of benzene rings is 3. The van der Waals surface area contributed by atoms with Crippen molar-refractivity contribution in [3.63, 3.8) is 0 Å². The number of fused-ring (bicyclic) bond motifs is 1. The molecule has 4 rings (SSSR count). The predicted molar refractivity (Wildman–Crippen MR) is 131 cm³/mol. The molecule has 162 valence electrons. The Kier molecular flexibility index (Phi) is 6.60. The molecule has 1 heterocycles. The highest BCUT2D eigenvalue weighted by molar-refractivity contribution is 7.22. The van der Waals surface area contributed by atoms with Gasteiger partial charge in [0, 0.05) is 17.1 Å². The van der Waals surface area contributed by atoms with Crippen LogP contribution in [0.1, 0.15) is 21.5 Å². The third-order valence-corrected chi connectivity index (χ3v) is 6.35. The van der Waals surface area contributed by atoms with Crippen molar-refractivity contribution < 1.29 is 9.59 Å². The van der Waals surface area contributed by atoms with E-state index in [1.54, 1.807) is 30.3 Å². The first-order valence-electron chi connectivity index (χ1n) is 9.66. The van der Waals surface area contributed by atoms with Gasteiger partial charge < -0.3 is 10.6 Å². The summed E-state index contributed by atoms with van der Waals surface area (Å²) in [7, 11) is 0. The van der Waals surface area contributed by atoms with E-state index in [0.717, 1.165) is 15.8 Å². The number of aromatic nitrogens is 1. The van der Waals surface area contributed by atoms with Crippen molar-refractivity contribution in [1.29, 1.82) is 0 Å². The molecule has 3 N–H and O–H groups in total. The molecule has 6 nitrogen and oxygen atoms in total. The second kappa shape index (κ2) is 9.56. The van der Waals surface area contributed by atoms with Gasteiger partial charge in [0.2, 0.25) is 0 Å². The standard InChI is InChI=1S/C23H18Cl2N4O2S/c1-13-5-4-8-17(25)20(13)28-21(30)14-9-10-18-19(11-14)32-23(27-18)29-22(31)26-12-15-6-2-3-7-16(15)24/h2-11H,12H2,1H3,(H,28,30)(H2,26,27,29,31). The van der Waals surface area contributed by atoms with E-state index in [0.29, 0.717) is 38.5 Å². The summed E-state index contributed by atoms with van der Waals surface area (Å²) in [5, 5.41) is 9.83. The minimum absolute atomic E-state index is 0.275. The number of halogens is 2. The summed E-state index contributed by atoms with van der Waals surface area (Å²) >= 11 is 13.6. The molecule has 0 saturated carbocycles. The molecule has 0 aliphatic heterocycles. The lowest BCUT2D eigenvalue weighted by atomic mass is 10.1. The molecule has 3 amide bonds. The number of hydrogen-bond donors (Lipinski definition) is 3. The molecule has 4 aromatic rings. The first-order valence-corrected chi connectivity index (χ1v) is 11.2. The number of thiazole rings is 1. The zero-order valence-corrected chi connectivity index (χ0v) is 19.2. The van der Waals surface area contributed by atoms with Crippen molar-refractivity contribution in [3.8, 4) is 0 Å². The van der Waals surface area contributed by atoms with Crippen LogP contribution >= 0.6 is 34.5 Å². The lowest BCUT2D eigenvalue weighted by Gasteiger charge is -2.10. The van der Waals surface area contributed by atoms with Gasteiger partial charge in [0.05, 0.1) is 20.9 Å². The van der Waals surface area contributed by atoms with Gasteiger partial charge in [-0.2, -0.15) is 0 Å². The third-order valence-electron chi connectivity index (χ3n) is 4.73. The van der Waals surface area contributed by atoms with Crippen molar-refractivity contribution >= 4 is 67.5 Å². The molecule has 0 spiro atoms. The molecular formula is C23H18Cl2N4O2S. The minimum atomic E-state index is -0.392. The number of carbonyl (C=O) groups excluding carboxylic acids is 2. The molecule has 0 aliphatic carbocycles. The number of carbonyl (C=O) groups is 2. The summed E-state index contributed by atoms with van der Waals surface area (Å²) in [4.78, 5) is 29.4. The maximum absolute atomic E-state index is 12.7. The van der Waals surface area contributed by atoms with Crippen LogP contribution in [0, 0.1) is 6.92 Å². The smallest absolute Gasteiger partial charge is 0.321 e. The molecule has 0 aliphatic rings. The van der Waals surface area contributed by atoms with Crippen molar-refractivity contribution in [2.24, 2.45) is 0 Å². The van der Waals surface area contributed by atoms with E-state index in [2.05, 4.69) is 20.9 Å². The highest BCUT2D eigenvalue weighted by atomic mass is 35.5. The molecular weight excluding hydrogens is 467 g/mol. The number of nitrogens with zero attached hydrogens (tertiary/aromatic N) is 1. The molecule has 3 aromatic carbocycles. The van der Waals surface area contributed by atoms with Crippen molar-refractivity contribution in [2.75, 3.05) is 10.6 Å². The van der Waals surface area contributed by atoms with Gasteiger partial charge in [0.15, 0.2) is 5.13 Å². The van der Waals surface area contributed by atoms with Crippen LogP contribution in [0.2, 0.25) is 10.0 Å². The second-order valence-corrected chi connectivity index (χ2v) is 8.83. The highest BCUT2D eigenvalue weighted by Gasteiger charge is 2.14. The Labute approximate surface area is 198 Å². The van der Waals surface area contributed by atoms with Crippen LogP contribution in [0.15, 0.2) is 60.7 Å². The molecule has 32 heavy (non-hydrogen) atoms. The van der Waals surface area contributed by atoms with Crippen LogP contribution in [-0.2, 0) is 6.54 Å². The van der Waals surface area contributed by atoms with E-state index in [-0.39, 0.29) is 5.91 Å². The lowest BCUT2D eigenvalue weighted by Crippen LogP contribution is -2.28. The van der Waals surface area contributed by atoms with Gasteiger partial charge in [0.1, 0.15) is 0 Å². The maximum Gasteiger partial charge on any atom is 0.321 e. The number of aryl methyl sites for hydroxylation is 1. The number of amides is 3. The van der Waals surface area contributed by atoms with E-state index in [4.69, 9.17) is 23.2 Å². The van der Waals surface area contributed by atoms with E-state index in [9.17, 15) is 9.59 Å². The Morgan fingerprint density at radius 3 is 2.53 bits per heavy atom. The van der Waals surface area contributed by atoms with Crippen molar-refractivity contribution in [2.45, 2.75) is 13.5 Å². The molecule has 0 saturated heterocycles. The molecule has 0 atom stereocenters. The zero-order chi connectivity index (χ0) is 22.7. The summed E-state index contributed by atoms with van der Waals surface area (Å²) in [6, 6.07) is 17.5. The fourth-order valence-corrected chi connectivity index (χ4v) is 4.43. The van der Waals surface area contributed by atoms with Gasteiger partial charge in [0.25, 0.3) is 5.91 Å². The average Bonchev–Trinajstić information content (AvgIpc) is 3.17. The molecule has 0 unspecified atom stereocenters. The fourth-order valence-electron chi connectivity index (χ4n) is 3.05. The van der Waals surface area contributed by atoms with E-state index in [1.807, 2.05) is 37.3 Å². The van der Waals surface area contributed by atoms with E-state index >= 15 is 0 Å². The number of para-hydroxylation sites is 1. The van der Waals surface area contributed by atoms with Crippen molar-refractivity contribution in [3.05, 3.63) is 87.4 Å². The van der Waals surface area contributed by atoms with Crippen LogP contribution in [0.25, 0.3) is 10.2 Å². The maximum atomic E-state index is 12.7. The van der Waals surface area contributed by atoms with Crippen LogP contribution in [0.4, 0.5) is 15.6 Å². The molecule has 1 aromatic heterocycles. The average molecular weight is 485 g/mol. The summed E-state index contributed by atoms with van der Waals surface area (Å²) in [5.74, 6) is -0.275. The quantitative estimate of drug-likeness (QED) is 0.302. The molecule has 0 radical (unpaired) electrons. The number of hydrogen-bond acceptors (Lipinski definition) is 4. The van der Waals surface area contributed by atoms with Gasteiger partial charge in [-0.15, -0.1) is 0 Å². The van der Waals surface area contributed by atoms with Crippen LogP contribution in [0.5, 0.6) is 0 Å². The SMILES string of the molecule is Cc1cccc(Cl)c1NC(=O)c1ccc2nc(NC(=O)NCc3ccccc3Cl)sc2c1. The summed E-state index contributed by atoms with van der Waals surface area (Å²) < 4.78 is 0.773. The first kappa shape index (κ1) is 22.1. The number of anilines is 2. The fraction of sp³-hybridized carbons (Fsp3) is 0.0870. The van der Waals surface area contributed by atoms with Crippen molar-refractivity contribution in [1.82, 2.24) is 10.3 Å². The number of nitrogens with one attached hydrogen (secondary N) is 3. The Morgan fingerprint density at radius 2 is 1.75 bits per heavy atom. The van der Waals surface area contributed by atoms with Crippen LogP contribution in [0.3, 0.4) is 0 Å². The number of rotatable bonds is 5. The van der Waals surface area contributed by atoms with Crippen LogP contribution in [-0.4, -0.2) is 16.9 Å². The normalized spacial score (nSPS) is 10.7. The molecule has 9 heteroatoms. The van der Waals surface area contributed by atoms with Crippen LogP contribution < -0.4 is 16.0 Å². The largest absolute Gasteiger partial charge is 0.334 e. The topological polar surface area (TPSA) is 83.1 Å². The first-order chi connectivity index (χ1) is 15.4. The zero-order valence-electron chi connectivity index (χ0n) is 16.9. The van der Waals surface area contributed by atoms with E-state index in [1.165, 1.54) is 11.3 Å². The van der Waals surface area contributed by atoms with Gasteiger partial charge in [-0.25, -0.2) is 9.78 Å². The Bertz CT molecular complexity index is 1300. The van der Waals surface area contributed by atoms with Gasteiger partial charge >= 0.3 is 6.03 Å². The highest BCUT2D eigenvalue weighted by Crippen LogP contribution is 2.29. The van der Waals surface area contributed by atoms with Gasteiger partial charge in [-0.1, -0.05) is 64.9 Å².